The summed E-state index contributed by atoms with van der Waals surface area (Å²) in [6.45, 7) is -0.118. The molecule has 0 aliphatic heterocycles. The molecule has 0 unspecified atom stereocenters. The molecule has 0 amide bonds. The minimum Gasteiger partial charge on any atom is -0.482 e. The molecule has 1 aromatic carbocycles. The highest BCUT2D eigenvalue weighted by Gasteiger charge is 2.17. The third-order valence-corrected chi connectivity index (χ3v) is 2.65. The van der Waals surface area contributed by atoms with Crippen LogP contribution < -0.4 is 10.5 Å². The van der Waals surface area contributed by atoms with Crippen molar-refractivity contribution >= 4 is 11.5 Å². The van der Waals surface area contributed by atoms with E-state index in [2.05, 4.69) is 4.98 Å². The van der Waals surface area contributed by atoms with E-state index in [9.17, 15) is 14.5 Å². The van der Waals surface area contributed by atoms with E-state index in [-0.39, 0.29) is 29.6 Å². The molecule has 21 heavy (non-hydrogen) atoms. The molecule has 1 aromatic heterocycles. The summed E-state index contributed by atoms with van der Waals surface area (Å²) in [6, 6.07) is 6.18. The minimum atomic E-state index is -0.663. The molecule has 0 atom stereocenters. The molecule has 7 nitrogen and oxygen atoms in total. The van der Waals surface area contributed by atoms with E-state index in [0.29, 0.717) is 5.56 Å². The van der Waals surface area contributed by atoms with E-state index in [0.717, 1.165) is 18.2 Å². The lowest BCUT2D eigenvalue weighted by Crippen LogP contribution is -2.16. The maximum Gasteiger partial charge on any atom is 0.311 e. The van der Waals surface area contributed by atoms with Gasteiger partial charge in [-0.25, -0.2) is 4.39 Å². The number of nitrogens with one attached hydrogen (secondary N) is 1. The average Bonchev–Trinajstić information content (AvgIpc) is 2.45. The second-order valence-corrected chi connectivity index (χ2v) is 4.08. The Morgan fingerprint density at radius 3 is 2.90 bits per heavy atom. The Labute approximate surface area is 118 Å². The Hall–Kier alpha value is -3.03. The number of pyridine rings is 1. The second kappa shape index (κ2) is 5.95. The highest BCUT2D eigenvalue weighted by atomic mass is 19.1. The summed E-state index contributed by atoms with van der Waals surface area (Å²) in [6.07, 6.45) is 1.46. The van der Waals surface area contributed by atoms with Gasteiger partial charge in [-0.2, -0.15) is 0 Å². The molecule has 108 valence electrons. The van der Waals surface area contributed by atoms with E-state index < -0.39 is 10.7 Å². The van der Waals surface area contributed by atoms with Gasteiger partial charge in [-0.15, -0.1) is 0 Å². The number of aromatic nitrogens is 1. The van der Waals surface area contributed by atoms with Gasteiger partial charge in [-0.05, 0) is 12.1 Å². The lowest BCUT2D eigenvalue weighted by atomic mass is 10.2. The van der Waals surface area contributed by atoms with Gasteiger partial charge in [0.2, 0.25) is 0 Å². The first-order valence-electron chi connectivity index (χ1n) is 5.84. The van der Waals surface area contributed by atoms with Gasteiger partial charge in [-0.1, -0.05) is 6.07 Å². The predicted octanol–water partition coefficient (Wildman–Crippen LogP) is 1.99. The van der Waals surface area contributed by atoms with Crippen LogP contribution >= 0.6 is 0 Å². The summed E-state index contributed by atoms with van der Waals surface area (Å²) in [4.78, 5) is 14.1. The van der Waals surface area contributed by atoms with Crippen LogP contribution in [-0.2, 0) is 6.61 Å². The van der Waals surface area contributed by atoms with Gasteiger partial charge in [0.15, 0.2) is 5.75 Å². The van der Waals surface area contributed by atoms with Crippen LogP contribution in [0.5, 0.6) is 5.75 Å². The average molecular weight is 290 g/mol. The van der Waals surface area contributed by atoms with Crippen LogP contribution in [0.2, 0.25) is 0 Å². The molecular formula is C13H11FN4O3. The Balaban J connectivity index is 2.27. The van der Waals surface area contributed by atoms with E-state index in [4.69, 9.17) is 15.9 Å². The zero-order chi connectivity index (χ0) is 15.4. The molecular weight excluding hydrogens is 279 g/mol. The van der Waals surface area contributed by atoms with Crippen LogP contribution in [0, 0.1) is 21.3 Å². The van der Waals surface area contributed by atoms with E-state index in [1.165, 1.54) is 6.20 Å². The molecule has 8 heteroatoms. The smallest absolute Gasteiger partial charge is 0.311 e. The number of hydrogen-bond acceptors (Lipinski definition) is 5. The number of nitro benzene ring substituents is 1. The number of nitrogens with two attached hydrogens (primary N) is 1. The largest absolute Gasteiger partial charge is 0.482 e. The van der Waals surface area contributed by atoms with Gasteiger partial charge in [0.05, 0.1) is 4.92 Å². The number of benzene rings is 1. The maximum atomic E-state index is 13.2. The van der Waals surface area contributed by atoms with Crippen LogP contribution in [0.25, 0.3) is 0 Å². The molecule has 0 aliphatic carbocycles. The number of hydrogen-bond donors (Lipinski definition) is 2. The predicted molar refractivity (Wildman–Crippen MR) is 72.6 cm³/mol. The Morgan fingerprint density at radius 2 is 2.24 bits per heavy atom. The van der Waals surface area contributed by atoms with Crippen molar-refractivity contribution in [2.24, 2.45) is 5.73 Å². The normalized spacial score (nSPS) is 10.1. The summed E-state index contributed by atoms with van der Waals surface area (Å²) in [7, 11) is 0. The maximum absolute atomic E-state index is 13.2. The van der Waals surface area contributed by atoms with Gasteiger partial charge in [-0.3, -0.25) is 20.5 Å². The van der Waals surface area contributed by atoms with Crippen molar-refractivity contribution in [2.45, 2.75) is 6.61 Å². The minimum absolute atomic E-state index is 0.118. The van der Waals surface area contributed by atoms with Crippen LogP contribution in [0.3, 0.4) is 0 Å². The summed E-state index contributed by atoms with van der Waals surface area (Å²) in [5, 5.41) is 18.3. The van der Waals surface area contributed by atoms with Crippen LogP contribution in [0.4, 0.5) is 10.1 Å². The van der Waals surface area contributed by atoms with Gasteiger partial charge < -0.3 is 10.5 Å². The zero-order valence-corrected chi connectivity index (χ0v) is 10.7. The molecule has 0 saturated heterocycles. The van der Waals surface area contributed by atoms with Crippen molar-refractivity contribution in [3.8, 4) is 5.75 Å². The summed E-state index contributed by atoms with van der Waals surface area (Å²) < 4.78 is 18.5. The number of nitro groups is 1. The van der Waals surface area contributed by atoms with Gasteiger partial charge in [0, 0.05) is 23.9 Å². The molecule has 0 aliphatic rings. The molecule has 1 heterocycles. The van der Waals surface area contributed by atoms with Gasteiger partial charge in [0.1, 0.15) is 24.0 Å². The Bertz CT molecular complexity index is 706. The van der Waals surface area contributed by atoms with E-state index in [1.807, 2.05) is 0 Å². The van der Waals surface area contributed by atoms with Crippen molar-refractivity contribution in [1.29, 1.82) is 5.41 Å². The van der Waals surface area contributed by atoms with Crippen molar-refractivity contribution in [2.75, 3.05) is 0 Å². The fraction of sp³-hybridized carbons (Fsp3) is 0.0769. The Morgan fingerprint density at radius 1 is 1.48 bits per heavy atom. The molecule has 2 aromatic rings. The van der Waals surface area contributed by atoms with Crippen LogP contribution in [0.15, 0.2) is 36.5 Å². The molecule has 0 bridgehead atoms. The van der Waals surface area contributed by atoms with Crippen LogP contribution in [-0.4, -0.2) is 15.7 Å². The van der Waals surface area contributed by atoms with Crippen molar-refractivity contribution in [3.63, 3.8) is 0 Å². The van der Waals surface area contributed by atoms with E-state index in [1.54, 1.807) is 12.1 Å². The number of ether oxygens (including phenoxy) is 1. The molecule has 3 N–H and O–H groups in total. The molecule has 2 rings (SSSR count). The monoisotopic (exact) mass is 290 g/mol. The highest BCUT2D eigenvalue weighted by Crippen LogP contribution is 2.28. The Kier molecular flexibility index (Phi) is 4.07. The van der Waals surface area contributed by atoms with Crippen molar-refractivity contribution < 1.29 is 14.1 Å². The topological polar surface area (TPSA) is 115 Å². The second-order valence-electron chi connectivity index (χ2n) is 4.08. The summed E-state index contributed by atoms with van der Waals surface area (Å²) >= 11 is 0. The number of nitrogen functional groups attached to an aromatic ring is 1. The van der Waals surface area contributed by atoms with Crippen molar-refractivity contribution in [1.82, 2.24) is 4.98 Å². The molecule has 0 radical (unpaired) electrons. The molecule has 0 spiro atoms. The quantitative estimate of drug-likeness (QED) is 0.378. The fourth-order valence-electron chi connectivity index (χ4n) is 1.71. The van der Waals surface area contributed by atoms with Crippen LogP contribution in [0.1, 0.15) is 11.3 Å². The van der Waals surface area contributed by atoms with Crippen molar-refractivity contribution in [3.05, 3.63) is 63.7 Å². The standard InChI is InChI=1S/C13H11FN4O3/c14-9-3-4-10(18(19)20)11(6-9)21-7-8-2-1-5-17-12(8)13(15)16/h1-6H,7H2,(H3,15,16). The highest BCUT2D eigenvalue weighted by molar-refractivity contribution is 5.94. The van der Waals surface area contributed by atoms with Gasteiger partial charge >= 0.3 is 5.69 Å². The fourth-order valence-corrected chi connectivity index (χ4v) is 1.71. The molecule has 0 fully saturated rings. The lowest BCUT2D eigenvalue weighted by Gasteiger charge is -2.09. The first-order valence-corrected chi connectivity index (χ1v) is 5.84. The molecule has 0 saturated carbocycles. The third-order valence-electron chi connectivity index (χ3n) is 2.65. The zero-order valence-electron chi connectivity index (χ0n) is 10.7. The number of rotatable bonds is 5. The lowest BCUT2D eigenvalue weighted by molar-refractivity contribution is -0.386. The van der Waals surface area contributed by atoms with E-state index >= 15 is 0 Å². The number of nitrogens with zero attached hydrogens (tertiary/aromatic N) is 2. The summed E-state index contributed by atoms with van der Waals surface area (Å²) in [5.74, 6) is -1.09. The third kappa shape index (κ3) is 3.30. The first-order chi connectivity index (χ1) is 9.99. The SMILES string of the molecule is N=C(N)c1ncccc1COc1cc(F)ccc1[N+](=O)[O-]. The first kappa shape index (κ1) is 14.4. The van der Waals surface area contributed by atoms with Gasteiger partial charge in [0.25, 0.3) is 0 Å². The number of amidine groups is 1. The number of halogens is 1. The summed E-state index contributed by atoms with van der Waals surface area (Å²) in [5.41, 5.74) is 5.73.